The number of nitrogens with zero attached hydrogens (tertiary/aromatic N) is 2. The number of piperazine rings is 1. The molecule has 8 nitrogen and oxygen atoms in total. The van der Waals surface area contributed by atoms with Crippen molar-refractivity contribution >= 4 is 30.0 Å². The number of fused-ring (bicyclic) bond motifs is 2. The van der Waals surface area contributed by atoms with Gasteiger partial charge in [0.1, 0.15) is 18.1 Å². The maximum atomic E-state index is 13.6. The Balaban J connectivity index is 0.00000400. The largest absolute Gasteiger partial charge is 0.497 e. The highest BCUT2D eigenvalue weighted by atomic mass is 35.5. The fourth-order valence-corrected chi connectivity index (χ4v) is 6.30. The van der Waals surface area contributed by atoms with Crippen LogP contribution in [0.1, 0.15) is 63.3 Å². The number of aryl methyl sites for hydroxylation is 2. The first-order chi connectivity index (χ1) is 21.3. The normalized spacial score (nSPS) is 17.7. The number of carbonyl (C=O) groups excluding carboxylic acids is 2. The first kappa shape index (κ1) is 32.1. The Hall–Kier alpha value is -4.27. The smallest absolute Gasteiger partial charge is 0.355 e. The molecule has 236 valence electrons. The summed E-state index contributed by atoms with van der Waals surface area (Å²) in [5.74, 6) is 0.169. The zero-order valence-electron chi connectivity index (χ0n) is 26.2. The van der Waals surface area contributed by atoms with Crippen molar-refractivity contribution in [1.82, 2.24) is 15.2 Å². The third-order valence-electron chi connectivity index (χ3n) is 8.82. The van der Waals surface area contributed by atoms with Crippen LogP contribution >= 0.6 is 12.4 Å². The fourth-order valence-electron chi connectivity index (χ4n) is 6.30. The first-order valence-corrected chi connectivity index (χ1v) is 15.3. The Morgan fingerprint density at radius 1 is 0.978 bits per heavy atom. The maximum absolute atomic E-state index is 13.6. The summed E-state index contributed by atoms with van der Waals surface area (Å²) in [6, 6.07) is 24.3. The Labute approximate surface area is 271 Å². The van der Waals surface area contributed by atoms with Gasteiger partial charge in [-0.25, -0.2) is 4.79 Å². The zero-order chi connectivity index (χ0) is 30.8. The number of esters is 1. The lowest BCUT2D eigenvalue weighted by Crippen LogP contribution is -2.51. The minimum Gasteiger partial charge on any atom is -0.497 e. The summed E-state index contributed by atoms with van der Waals surface area (Å²) in [5.41, 5.74) is 6.74. The number of rotatable bonds is 9. The van der Waals surface area contributed by atoms with Gasteiger partial charge in [0, 0.05) is 55.2 Å². The van der Waals surface area contributed by atoms with E-state index < -0.39 is 5.97 Å². The molecule has 45 heavy (non-hydrogen) atoms. The molecule has 0 saturated carbocycles. The molecule has 2 N–H and O–H groups in total. The molecule has 2 aliphatic heterocycles. The van der Waals surface area contributed by atoms with Crippen LogP contribution in [0.5, 0.6) is 5.75 Å². The van der Waals surface area contributed by atoms with Crippen LogP contribution in [-0.4, -0.2) is 48.7 Å². The molecule has 1 amide bonds. The molecule has 3 aromatic carbocycles. The Bertz CT molecular complexity index is 1660. The van der Waals surface area contributed by atoms with E-state index in [2.05, 4.69) is 21.6 Å². The van der Waals surface area contributed by atoms with Crippen LogP contribution in [0.25, 0.3) is 11.1 Å². The highest BCUT2D eigenvalue weighted by Crippen LogP contribution is 2.31. The average Bonchev–Trinajstić information content (AvgIpc) is 3.60. The van der Waals surface area contributed by atoms with Gasteiger partial charge in [0.2, 0.25) is 0 Å². The molecule has 2 fully saturated rings. The molecular formula is C36H41ClN4O4. The molecular weight excluding hydrogens is 588 g/mol. The van der Waals surface area contributed by atoms with Gasteiger partial charge in [-0.05, 0) is 85.3 Å². The van der Waals surface area contributed by atoms with Crippen molar-refractivity contribution in [1.29, 1.82) is 0 Å². The number of hydrogen-bond acceptors (Lipinski definition) is 6. The number of amides is 1. The molecule has 2 aliphatic rings. The Morgan fingerprint density at radius 2 is 1.71 bits per heavy atom. The summed E-state index contributed by atoms with van der Waals surface area (Å²) >= 11 is 0. The van der Waals surface area contributed by atoms with Crippen LogP contribution in [-0.2, 0) is 18.4 Å². The van der Waals surface area contributed by atoms with Crippen LogP contribution in [0.2, 0.25) is 0 Å². The van der Waals surface area contributed by atoms with E-state index in [1.54, 1.807) is 11.7 Å². The lowest BCUT2D eigenvalue weighted by Gasteiger charge is -2.35. The molecule has 3 heterocycles. The van der Waals surface area contributed by atoms with Crippen molar-refractivity contribution in [3.8, 4) is 16.9 Å². The van der Waals surface area contributed by atoms with Gasteiger partial charge in [0.15, 0.2) is 0 Å². The van der Waals surface area contributed by atoms with Crippen molar-refractivity contribution < 1.29 is 19.1 Å². The first-order valence-electron chi connectivity index (χ1n) is 15.3. The van der Waals surface area contributed by atoms with Crippen molar-refractivity contribution in [3.05, 3.63) is 107 Å². The highest BCUT2D eigenvalue weighted by Gasteiger charge is 2.32. The van der Waals surface area contributed by atoms with Gasteiger partial charge in [-0.2, -0.15) is 0 Å². The average molecular weight is 629 g/mol. The van der Waals surface area contributed by atoms with Crippen LogP contribution in [0, 0.1) is 6.92 Å². The molecule has 2 bridgehead atoms. The summed E-state index contributed by atoms with van der Waals surface area (Å²) < 4.78 is 13.0. The van der Waals surface area contributed by atoms with E-state index in [0.29, 0.717) is 29.1 Å². The van der Waals surface area contributed by atoms with E-state index in [4.69, 9.17) is 9.47 Å². The van der Waals surface area contributed by atoms with Gasteiger partial charge < -0.3 is 29.6 Å². The van der Waals surface area contributed by atoms with Crippen LogP contribution in [0.4, 0.5) is 5.69 Å². The second-order valence-corrected chi connectivity index (χ2v) is 12.0. The maximum Gasteiger partial charge on any atom is 0.355 e. The lowest BCUT2D eigenvalue weighted by atomic mass is 10.00. The number of anilines is 1. The summed E-state index contributed by atoms with van der Waals surface area (Å²) in [6.07, 6.45) is 4.32. The molecule has 1 aromatic heterocycles. The summed E-state index contributed by atoms with van der Waals surface area (Å²) in [7, 11) is 3.45. The minimum atomic E-state index is -0.391. The van der Waals surface area contributed by atoms with Gasteiger partial charge in [-0.3, -0.25) is 4.79 Å². The van der Waals surface area contributed by atoms with Crippen molar-refractivity contribution in [2.24, 2.45) is 7.05 Å². The predicted octanol–water partition coefficient (Wildman–Crippen LogP) is 6.22. The number of nitrogens with one attached hydrogen (secondary N) is 2. The third kappa shape index (κ3) is 7.18. The second kappa shape index (κ2) is 13.8. The SMILES string of the molecule is COc1cc(-c2cc(C(=O)OCc3ccccc3)n(C)c2)cc([C@@H](C)NC(=O)c2cc(N3C[C@H]4CC[C@@H](C3)N4)ccc2C)c1.Cl. The van der Waals surface area contributed by atoms with Gasteiger partial charge in [0.05, 0.1) is 13.2 Å². The number of aromatic nitrogens is 1. The van der Waals surface area contributed by atoms with Gasteiger partial charge in [-0.1, -0.05) is 36.4 Å². The number of halogens is 1. The number of carbonyl (C=O) groups is 2. The summed E-state index contributed by atoms with van der Waals surface area (Å²) in [4.78, 5) is 28.9. The quantitative estimate of drug-likeness (QED) is 0.214. The predicted molar refractivity (Wildman–Crippen MR) is 179 cm³/mol. The number of methoxy groups -OCH3 is 1. The molecule has 0 aliphatic carbocycles. The van der Waals surface area contributed by atoms with Crippen molar-refractivity contribution in [2.45, 2.75) is 51.4 Å². The number of ether oxygens (including phenoxy) is 2. The minimum absolute atomic E-state index is 0. The van der Waals surface area contributed by atoms with Gasteiger partial charge >= 0.3 is 5.97 Å². The fraction of sp³-hybridized carbons (Fsp3) is 0.333. The van der Waals surface area contributed by atoms with Crippen molar-refractivity contribution in [2.75, 3.05) is 25.1 Å². The molecule has 6 rings (SSSR count). The summed E-state index contributed by atoms with van der Waals surface area (Å²) in [5, 5.41) is 6.88. The molecule has 0 spiro atoms. The zero-order valence-corrected chi connectivity index (χ0v) is 27.0. The molecule has 0 unspecified atom stereocenters. The molecule has 0 radical (unpaired) electrons. The van der Waals surface area contributed by atoms with E-state index in [-0.39, 0.29) is 31.0 Å². The van der Waals surface area contributed by atoms with Crippen LogP contribution < -0.4 is 20.3 Å². The standard InChI is InChI=1S/C36H40N4O4.ClH/c1-23-10-13-31(40-20-29-11-12-30(21-40)38-29)18-33(23)35(41)37-24(2)26-14-27(16-32(15-26)43-4)28-17-34(39(3)19-28)36(42)44-22-25-8-6-5-7-9-25;/h5-10,13-19,24,29-30,38H,11-12,20-22H2,1-4H3,(H,37,41);1H/t24-,29-,30+;/m1./s1. The van der Waals surface area contributed by atoms with E-state index >= 15 is 0 Å². The van der Waals surface area contributed by atoms with Gasteiger partial charge in [0.25, 0.3) is 5.91 Å². The Morgan fingerprint density at radius 3 is 2.42 bits per heavy atom. The monoisotopic (exact) mass is 628 g/mol. The second-order valence-electron chi connectivity index (χ2n) is 12.0. The summed E-state index contributed by atoms with van der Waals surface area (Å²) in [6.45, 7) is 6.10. The molecule has 9 heteroatoms. The van der Waals surface area contributed by atoms with Crippen molar-refractivity contribution in [3.63, 3.8) is 0 Å². The lowest BCUT2D eigenvalue weighted by molar-refractivity contribution is 0.0461. The van der Waals surface area contributed by atoms with Crippen LogP contribution in [0.15, 0.2) is 79.0 Å². The molecule has 4 aromatic rings. The van der Waals surface area contributed by atoms with E-state index in [9.17, 15) is 9.59 Å². The highest BCUT2D eigenvalue weighted by molar-refractivity contribution is 5.97. The molecule has 2 saturated heterocycles. The third-order valence-corrected chi connectivity index (χ3v) is 8.82. The molecule has 3 atom stereocenters. The Kier molecular flexibility index (Phi) is 9.85. The van der Waals surface area contributed by atoms with Crippen LogP contribution in [0.3, 0.4) is 0 Å². The number of hydrogen-bond donors (Lipinski definition) is 2. The van der Waals surface area contributed by atoms with E-state index in [0.717, 1.165) is 46.6 Å². The van der Waals surface area contributed by atoms with E-state index in [1.807, 2.05) is 93.8 Å². The van der Waals surface area contributed by atoms with Gasteiger partial charge in [-0.15, -0.1) is 12.4 Å². The van der Waals surface area contributed by atoms with E-state index in [1.165, 1.54) is 12.8 Å². The number of benzene rings is 3. The topological polar surface area (TPSA) is 84.8 Å².